The van der Waals surface area contributed by atoms with Gasteiger partial charge in [-0.3, -0.25) is 9.93 Å². The number of benzene rings is 2. The number of anilines is 1. The smallest absolute Gasteiger partial charge is 0.272 e. The van der Waals surface area contributed by atoms with Crippen molar-refractivity contribution in [2.75, 3.05) is 5.32 Å². The molecule has 0 fully saturated rings. The molecule has 0 atom stereocenters. The van der Waals surface area contributed by atoms with Gasteiger partial charge in [0.15, 0.2) is 0 Å². The summed E-state index contributed by atoms with van der Waals surface area (Å²) >= 11 is 13.4. The van der Waals surface area contributed by atoms with Crippen LogP contribution in [0.4, 0.5) is 5.69 Å². The van der Waals surface area contributed by atoms with Crippen LogP contribution in [0.2, 0.25) is 10.0 Å². The molecule has 23 heavy (non-hydrogen) atoms. The highest BCUT2D eigenvalue weighted by molar-refractivity contribution is 7.97. The van der Waals surface area contributed by atoms with E-state index in [1.165, 1.54) is 0 Å². The van der Waals surface area contributed by atoms with Crippen LogP contribution in [0.3, 0.4) is 0 Å². The monoisotopic (exact) mass is 365 g/mol. The Hall–Kier alpha value is -1.66. The largest absolute Gasteiger partial charge is 0.340 e. The zero-order valence-electron chi connectivity index (χ0n) is 12.1. The Balaban J connectivity index is 1.94. The second kappa shape index (κ2) is 6.45. The van der Waals surface area contributed by atoms with E-state index < -0.39 is 0 Å². The highest BCUT2D eigenvalue weighted by Gasteiger charge is 2.16. The number of aromatic nitrogens is 1. The average molecular weight is 366 g/mol. The molecule has 3 N–H and O–H groups in total. The summed E-state index contributed by atoms with van der Waals surface area (Å²) in [5, 5.41) is 10.0. The minimum absolute atomic E-state index is 0.218. The number of nitrogens with zero attached hydrogens (tertiary/aromatic N) is 1. The summed E-state index contributed by atoms with van der Waals surface area (Å²) in [4.78, 5) is 13.4. The summed E-state index contributed by atoms with van der Waals surface area (Å²) in [5.74, 6) is -0.218. The zero-order valence-corrected chi connectivity index (χ0v) is 14.5. The number of hydrogen-bond acceptors (Lipinski definition) is 3. The number of rotatable bonds is 3. The van der Waals surface area contributed by atoms with Crippen LogP contribution in [0.15, 0.2) is 47.4 Å². The molecule has 0 spiro atoms. The first kappa shape index (κ1) is 16.2. The third-order valence-electron chi connectivity index (χ3n) is 3.59. The fourth-order valence-electron chi connectivity index (χ4n) is 2.38. The number of fused-ring (bicyclic) bond motifs is 1. The summed E-state index contributed by atoms with van der Waals surface area (Å²) in [6, 6.07) is 12.6. The fourth-order valence-corrected chi connectivity index (χ4v) is 3.05. The van der Waals surface area contributed by atoms with Crippen LogP contribution >= 0.6 is 35.1 Å². The molecule has 0 saturated carbocycles. The Morgan fingerprint density at radius 3 is 2.52 bits per heavy atom. The molecule has 118 valence electrons. The lowest BCUT2D eigenvalue weighted by Crippen LogP contribution is -2.15. The van der Waals surface area contributed by atoms with Gasteiger partial charge in [0.25, 0.3) is 5.91 Å². The molecule has 0 aliphatic carbocycles. The van der Waals surface area contributed by atoms with E-state index in [4.69, 9.17) is 28.3 Å². The van der Waals surface area contributed by atoms with Crippen LogP contribution in [0.5, 0.6) is 0 Å². The van der Waals surface area contributed by atoms with Crippen molar-refractivity contribution < 1.29 is 4.79 Å². The summed E-state index contributed by atoms with van der Waals surface area (Å²) in [6.07, 6.45) is 0. The number of carbonyl (C=O) groups excluding carboxylic acids is 1. The molecule has 3 aromatic rings. The first-order chi connectivity index (χ1) is 11.0. The lowest BCUT2D eigenvalue weighted by Gasteiger charge is -2.07. The predicted molar refractivity (Wildman–Crippen MR) is 97.4 cm³/mol. The minimum Gasteiger partial charge on any atom is -0.340 e. The van der Waals surface area contributed by atoms with Gasteiger partial charge in [-0.05, 0) is 54.4 Å². The molecular formula is C16H13Cl2N3OS. The number of nitrogens with two attached hydrogens (primary N) is 1. The zero-order chi connectivity index (χ0) is 16.6. The molecule has 0 saturated heterocycles. The lowest BCUT2D eigenvalue weighted by molar-refractivity contribution is 0.102. The van der Waals surface area contributed by atoms with Gasteiger partial charge in [0.05, 0.1) is 10.0 Å². The van der Waals surface area contributed by atoms with E-state index in [9.17, 15) is 4.79 Å². The van der Waals surface area contributed by atoms with Crippen LogP contribution < -0.4 is 10.5 Å². The first-order valence-electron chi connectivity index (χ1n) is 6.73. The van der Waals surface area contributed by atoms with E-state index in [-0.39, 0.29) is 5.91 Å². The van der Waals surface area contributed by atoms with E-state index >= 15 is 0 Å². The van der Waals surface area contributed by atoms with E-state index in [0.29, 0.717) is 21.4 Å². The standard InChI is InChI=1S/C16H13Cl2N3OS/c1-21-13-7-6-12(17)15(18)11(13)8-14(21)16(22)20-9-2-4-10(23-19)5-3-9/h2-8H,19H2,1H3,(H,20,22). The molecule has 4 nitrogen and oxygen atoms in total. The Kier molecular flexibility index (Phi) is 4.55. The van der Waals surface area contributed by atoms with Gasteiger partial charge < -0.3 is 9.88 Å². The molecule has 1 amide bonds. The summed E-state index contributed by atoms with van der Waals surface area (Å²) in [6.45, 7) is 0. The highest BCUT2D eigenvalue weighted by atomic mass is 35.5. The second-order valence-electron chi connectivity index (χ2n) is 4.98. The van der Waals surface area contributed by atoms with Crippen molar-refractivity contribution in [3.8, 4) is 0 Å². The van der Waals surface area contributed by atoms with E-state index in [0.717, 1.165) is 27.7 Å². The van der Waals surface area contributed by atoms with Crippen LogP contribution in [0.1, 0.15) is 10.5 Å². The third kappa shape index (κ3) is 3.05. The number of hydrogen-bond donors (Lipinski definition) is 2. The normalized spacial score (nSPS) is 11.0. The average Bonchev–Trinajstić information content (AvgIpc) is 2.89. The van der Waals surface area contributed by atoms with Gasteiger partial charge in [0, 0.05) is 28.5 Å². The number of carbonyl (C=O) groups is 1. The molecule has 0 radical (unpaired) electrons. The molecule has 3 rings (SSSR count). The van der Waals surface area contributed by atoms with Crippen molar-refractivity contribution in [3.05, 3.63) is 58.2 Å². The van der Waals surface area contributed by atoms with Gasteiger partial charge in [-0.25, -0.2) is 0 Å². The number of nitrogens with one attached hydrogen (secondary N) is 1. The fraction of sp³-hybridized carbons (Fsp3) is 0.0625. The van der Waals surface area contributed by atoms with Gasteiger partial charge in [-0.2, -0.15) is 0 Å². The SMILES string of the molecule is Cn1c(C(=O)Nc2ccc(SN)cc2)cc2c(Cl)c(Cl)ccc21. The van der Waals surface area contributed by atoms with E-state index in [1.54, 1.807) is 28.8 Å². The lowest BCUT2D eigenvalue weighted by atomic mass is 10.2. The minimum atomic E-state index is -0.218. The maximum atomic E-state index is 12.5. The summed E-state index contributed by atoms with van der Waals surface area (Å²) in [7, 11) is 1.82. The van der Waals surface area contributed by atoms with Crippen molar-refractivity contribution in [1.82, 2.24) is 4.57 Å². The van der Waals surface area contributed by atoms with Crippen molar-refractivity contribution in [3.63, 3.8) is 0 Å². The maximum absolute atomic E-state index is 12.5. The molecule has 1 heterocycles. The number of aryl methyl sites for hydroxylation is 1. The van der Waals surface area contributed by atoms with E-state index in [1.807, 2.05) is 25.2 Å². The second-order valence-corrected chi connectivity index (χ2v) is 6.47. The molecule has 7 heteroatoms. The molecule has 1 aromatic heterocycles. The van der Waals surface area contributed by atoms with Gasteiger partial charge in [0.1, 0.15) is 5.69 Å². The highest BCUT2D eigenvalue weighted by Crippen LogP contribution is 2.32. The quantitative estimate of drug-likeness (QED) is 0.661. The predicted octanol–water partition coefficient (Wildman–Crippen LogP) is 4.70. The van der Waals surface area contributed by atoms with Crippen LogP contribution in [0, 0.1) is 0 Å². The number of halogens is 2. The van der Waals surface area contributed by atoms with Gasteiger partial charge in [-0.15, -0.1) is 0 Å². The summed E-state index contributed by atoms with van der Waals surface area (Å²) in [5.41, 5.74) is 2.04. The Labute approximate surface area is 147 Å². The number of amides is 1. The first-order valence-corrected chi connectivity index (χ1v) is 8.36. The third-order valence-corrected chi connectivity index (χ3v) is 4.96. The molecule has 2 aromatic carbocycles. The van der Waals surface area contributed by atoms with E-state index in [2.05, 4.69) is 5.32 Å². The molecule has 0 bridgehead atoms. The summed E-state index contributed by atoms with van der Waals surface area (Å²) < 4.78 is 1.79. The van der Waals surface area contributed by atoms with Crippen LogP contribution in [-0.4, -0.2) is 10.5 Å². The molecular weight excluding hydrogens is 353 g/mol. The molecule has 0 unspecified atom stereocenters. The van der Waals surface area contributed by atoms with Gasteiger partial charge >= 0.3 is 0 Å². The van der Waals surface area contributed by atoms with Crippen LogP contribution in [-0.2, 0) is 7.05 Å². The van der Waals surface area contributed by atoms with Crippen molar-refractivity contribution in [2.24, 2.45) is 12.2 Å². The Morgan fingerprint density at radius 2 is 1.87 bits per heavy atom. The van der Waals surface area contributed by atoms with Crippen molar-refractivity contribution in [1.29, 1.82) is 0 Å². The van der Waals surface area contributed by atoms with Crippen LogP contribution in [0.25, 0.3) is 10.9 Å². The molecule has 0 aliphatic rings. The van der Waals surface area contributed by atoms with Crippen molar-refractivity contribution >= 4 is 57.6 Å². The van der Waals surface area contributed by atoms with Gasteiger partial charge in [0.2, 0.25) is 0 Å². The molecule has 0 aliphatic heterocycles. The Bertz CT molecular complexity index is 890. The topological polar surface area (TPSA) is 60.0 Å². The Morgan fingerprint density at radius 1 is 1.17 bits per heavy atom. The van der Waals surface area contributed by atoms with Gasteiger partial charge in [-0.1, -0.05) is 23.2 Å². The maximum Gasteiger partial charge on any atom is 0.272 e. The van der Waals surface area contributed by atoms with Crippen molar-refractivity contribution in [2.45, 2.75) is 4.90 Å².